The molecule has 0 aromatic carbocycles. The van der Waals surface area contributed by atoms with Crippen molar-refractivity contribution in [3.8, 4) is 6.07 Å². The van der Waals surface area contributed by atoms with Crippen LogP contribution in [0, 0.1) is 18.3 Å². The van der Waals surface area contributed by atoms with Gasteiger partial charge in [0.05, 0.1) is 10.6 Å². The fourth-order valence-corrected chi connectivity index (χ4v) is 2.87. The predicted octanol–water partition coefficient (Wildman–Crippen LogP) is 2.67. The highest BCUT2D eigenvalue weighted by Crippen LogP contribution is 2.14. The highest BCUT2D eigenvalue weighted by atomic mass is 32.1. The average molecular weight is 249 g/mol. The molecule has 2 aromatic rings. The van der Waals surface area contributed by atoms with Gasteiger partial charge in [-0.2, -0.15) is 5.26 Å². The van der Waals surface area contributed by atoms with Crippen molar-refractivity contribution in [3.63, 3.8) is 0 Å². The van der Waals surface area contributed by atoms with E-state index >= 15 is 0 Å². The first-order valence-electron chi connectivity index (χ1n) is 4.87. The number of hydrogen-bond donors (Lipinski definition) is 1. The second-order valence-corrected chi connectivity index (χ2v) is 5.68. The topological polar surface area (TPSA) is 48.7 Å². The summed E-state index contributed by atoms with van der Waals surface area (Å²) >= 11 is 3.33. The summed E-state index contributed by atoms with van der Waals surface area (Å²) in [5.74, 6) is 0. The highest BCUT2D eigenvalue weighted by Gasteiger charge is 2.00. The summed E-state index contributed by atoms with van der Waals surface area (Å²) in [5, 5.41) is 15.0. The molecule has 5 heteroatoms. The summed E-state index contributed by atoms with van der Waals surface area (Å²) < 4.78 is 0. The number of hydrogen-bond acceptors (Lipinski definition) is 5. The molecule has 0 saturated heterocycles. The molecule has 0 radical (unpaired) electrons. The van der Waals surface area contributed by atoms with Crippen molar-refractivity contribution >= 4 is 22.7 Å². The molecule has 1 N–H and O–H groups in total. The molecule has 2 rings (SSSR count). The zero-order chi connectivity index (χ0) is 11.4. The van der Waals surface area contributed by atoms with Crippen LogP contribution in [0.3, 0.4) is 0 Å². The normalized spacial score (nSPS) is 10.2. The van der Waals surface area contributed by atoms with E-state index in [1.807, 2.05) is 24.6 Å². The van der Waals surface area contributed by atoms with Crippen molar-refractivity contribution in [2.24, 2.45) is 0 Å². The Morgan fingerprint density at radius 2 is 2.25 bits per heavy atom. The Hall–Kier alpha value is -1.22. The molecule has 0 saturated carbocycles. The van der Waals surface area contributed by atoms with Gasteiger partial charge in [-0.1, -0.05) is 0 Å². The molecule has 2 aromatic heterocycles. The van der Waals surface area contributed by atoms with Crippen LogP contribution in [-0.4, -0.2) is 4.98 Å². The second-order valence-electron chi connectivity index (χ2n) is 3.36. The largest absolute Gasteiger partial charge is 0.307 e. The molecule has 0 aliphatic carbocycles. The molecule has 0 unspecified atom stereocenters. The maximum Gasteiger partial charge on any atom is 0.100 e. The molecule has 0 bridgehead atoms. The Kier molecular flexibility index (Phi) is 3.67. The number of rotatable bonds is 4. The lowest BCUT2D eigenvalue weighted by atomic mass is 10.3. The SMILES string of the molecule is Cc1ncc(CNCc2cc(C#N)cs2)s1. The summed E-state index contributed by atoms with van der Waals surface area (Å²) in [4.78, 5) is 6.64. The third kappa shape index (κ3) is 2.89. The first-order chi connectivity index (χ1) is 7.78. The number of nitriles is 1. The summed E-state index contributed by atoms with van der Waals surface area (Å²) in [5.41, 5.74) is 0.746. The number of aromatic nitrogens is 1. The monoisotopic (exact) mass is 249 g/mol. The maximum atomic E-state index is 8.69. The molecule has 16 heavy (non-hydrogen) atoms. The first-order valence-corrected chi connectivity index (χ1v) is 6.57. The summed E-state index contributed by atoms with van der Waals surface area (Å²) in [7, 11) is 0. The Morgan fingerprint density at radius 3 is 2.88 bits per heavy atom. The minimum absolute atomic E-state index is 0.746. The van der Waals surface area contributed by atoms with Crippen LogP contribution >= 0.6 is 22.7 Å². The third-order valence-electron chi connectivity index (χ3n) is 2.05. The van der Waals surface area contributed by atoms with Crippen LogP contribution in [-0.2, 0) is 13.1 Å². The molecule has 0 fully saturated rings. The van der Waals surface area contributed by atoms with Crippen molar-refractivity contribution in [3.05, 3.63) is 38.0 Å². The lowest BCUT2D eigenvalue weighted by molar-refractivity contribution is 0.708. The van der Waals surface area contributed by atoms with Gasteiger partial charge in [0.25, 0.3) is 0 Å². The van der Waals surface area contributed by atoms with Gasteiger partial charge in [0, 0.05) is 34.4 Å². The standard InChI is InChI=1S/C11H11N3S2/c1-8-14-6-11(16-8)5-13-4-10-2-9(3-12)7-15-10/h2,6-7,13H,4-5H2,1H3. The predicted molar refractivity (Wildman–Crippen MR) is 66.4 cm³/mol. The van der Waals surface area contributed by atoms with Gasteiger partial charge in [0.15, 0.2) is 0 Å². The van der Waals surface area contributed by atoms with Crippen LogP contribution < -0.4 is 5.32 Å². The van der Waals surface area contributed by atoms with Gasteiger partial charge in [-0.3, -0.25) is 0 Å². The van der Waals surface area contributed by atoms with Crippen LogP contribution in [0.1, 0.15) is 20.3 Å². The fourth-order valence-electron chi connectivity index (χ4n) is 1.33. The van der Waals surface area contributed by atoms with Gasteiger partial charge in [0.2, 0.25) is 0 Å². The van der Waals surface area contributed by atoms with Gasteiger partial charge in [0.1, 0.15) is 6.07 Å². The van der Waals surface area contributed by atoms with Crippen LogP contribution in [0.5, 0.6) is 0 Å². The highest BCUT2D eigenvalue weighted by molar-refractivity contribution is 7.11. The van der Waals surface area contributed by atoms with Crippen molar-refractivity contribution in [2.75, 3.05) is 0 Å². The van der Waals surface area contributed by atoms with Crippen LogP contribution in [0.15, 0.2) is 17.6 Å². The fraction of sp³-hybridized carbons (Fsp3) is 0.273. The van der Waals surface area contributed by atoms with Crippen molar-refractivity contribution in [2.45, 2.75) is 20.0 Å². The number of nitrogens with one attached hydrogen (secondary N) is 1. The first kappa shape index (κ1) is 11.3. The molecule has 0 spiro atoms. The van der Waals surface area contributed by atoms with Crippen molar-refractivity contribution in [1.82, 2.24) is 10.3 Å². The smallest absolute Gasteiger partial charge is 0.100 e. The van der Waals surface area contributed by atoms with Crippen molar-refractivity contribution in [1.29, 1.82) is 5.26 Å². The summed E-state index contributed by atoms with van der Waals surface area (Å²) in [6.07, 6.45) is 1.90. The Morgan fingerprint density at radius 1 is 1.44 bits per heavy atom. The van der Waals surface area contributed by atoms with Crippen LogP contribution in [0.4, 0.5) is 0 Å². The van der Waals surface area contributed by atoms with Gasteiger partial charge in [-0.25, -0.2) is 4.98 Å². The molecule has 0 atom stereocenters. The minimum atomic E-state index is 0.746. The van der Waals surface area contributed by atoms with E-state index in [2.05, 4.69) is 16.4 Å². The van der Waals surface area contributed by atoms with E-state index in [1.165, 1.54) is 9.75 Å². The second kappa shape index (κ2) is 5.21. The summed E-state index contributed by atoms with van der Waals surface area (Å²) in [6, 6.07) is 4.06. The molecular formula is C11H11N3S2. The zero-order valence-corrected chi connectivity index (χ0v) is 10.5. The van der Waals surface area contributed by atoms with E-state index in [1.54, 1.807) is 22.7 Å². The van der Waals surface area contributed by atoms with Gasteiger partial charge < -0.3 is 5.32 Å². The Bertz CT molecular complexity index is 507. The van der Waals surface area contributed by atoms with E-state index in [-0.39, 0.29) is 0 Å². The molecule has 2 heterocycles. The number of aryl methyl sites for hydroxylation is 1. The van der Waals surface area contributed by atoms with E-state index < -0.39 is 0 Å². The summed E-state index contributed by atoms with van der Waals surface area (Å²) in [6.45, 7) is 3.65. The van der Waals surface area contributed by atoms with E-state index in [4.69, 9.17) is 5.26 Å². The van der Waals surface area contributed by atoms with E-state index in [0.29, 0.717) is 0 Å². The molecule has 0 aliphatic heterocycles. The third-order valence-corrected chi connectivity index (χ3v) is 3.90. The Labute approximate surface area is 102 Å². The van der Waals surface area contributed by atoms with Gasteiger partial charge >= 0.3 is 0 Å². The lowest BCUT2D eigenvalue weighted by Crippen LogP contribution is -2.10. The van der Waals surface area contributed by atoms with Crippen LogP contribution in [0.25, 0.3) is 0 Å². The lowest BCUT2D eigenvalue weighted by Gasteiger charge is -1.99. The van der Waals surface area contributed by atoms with Crippen LogP contribution in [0.2, 0.25) is 0 Å². The number of thiazole rings is 1. The quantitative estimate of drug-likeness (QED) is 0.906. The molecule has 0 aliphatic rings. The van der Waals surface area contributed by atoms with Gasteiger partial charge in [-0.05, 0) is 13.0 Å². The maximum absolute atomic E-state index is 8.69. The zero-order valence-electron chi connectivity index (χ0n) is 8.86. The van der Waals surface area contributed by atoms with E-state index in [0.717, 1.165) is 23.7 Å². The number of thiophene rings is 1. The van der Waals surface area contributed by atoms with E-state index in [9.17, 15) is 0 Å². The Balaban J connectivity index is 1.82. The minimum Gasteiger partial charge on any atom is -0.307 e. The molecule has 0 amide bonds. The molecular weight excluding hydrogens is 238 g/mol. The molecule has 3 nitrogen and oxygen atoms in total. The molecule has 82 valence electrons. The van der Waals surface area contributed by atoms with Crippen molar-refractivity contribution < 1.29 is 0 Å². The average Bonchev–Trinajstić information content (AvgIpc) is 2.88. The number of nitrogens with zero attached hydrogens (tertiary/aromatic N) is 2. The van der Waals surface area contributed by atoms with Gasteiger partial charge in [-0.15, -0.1) is 22.7 Å².